The maximum Gasteiger partial charge on any atom is 0.360 e. The number of aliphatic carboxylic acids is 1. The number of carboxylic acids is 1. The fourth-order valence-corrected chi connectivity index (χ4v) is 7.79. The molecule has 2 unspecified atom stereocenters. The summed E-state index contributed by atoms with van der Waals surface area (Å²) in [6.07, 6.45) is 12.3. The van der Waals surface area contributed by atoms with Gasteiger partial charge in [-0.1, -0.05) is 36.6 Å². The molecule has 1 aromatic carbocycles. The summed E-state index contributed by atoms with van der Waals surface area (Å²) < 4.78 is 1.74. The summed E-state index contributed by atoms with van der Waals surface area (Å²) in [5.41, 5.74) is -0.250. The van der Waals surface area contributed by atoms with E-state index in [1.165, 1.54) is 38.5 Å². The molecule has 2 saturated heterocycles. The minimum atomic E-state index is -1.47. The van der Waals surface area contributed by atoms with Crippen molar-refractivity contribution in [2.45, 2.75) is 88.4 Å². The van der Waals surface area contributed by atoms with E-state index in [9.17, 15) is 19.9 Å². The number of piperidine rings is 1. The third-order valence-electron chi connectivity index (χ3n) is 8.98. The summed E-state index contributed by atoms with van der Waals surface area (Å²) in [7, 11) is 0. The first-order valence-corrected chi connectivity index (χ1v) is 12.8. The highest BCUT2D eigenvalue weighted by atomic mass is 16.4. The van der Waals surface area contributed by atoms with E-state index in [2.05, 4.69) is 15.0 Å². The number of fused-ring (bicyclic) bond motifs is 5. The van der Waals surface area contributed by atoms with Crippen molar-refractivity contribution in [3.63, 3.8) is 0 Å². The smallest absolute Gasteiger partial charge is 0.360 e. The van der Waals surface area contributed by atoms with Crippen molar-refractivity contribution >= 4 is 22.7 Å². The van der Waals surface area contributed by atoms with Gasteiger partial charge in [0.15, 0.2) is 5.69 Å². The van der Waals surface area contributed by atoms with E-state index >= 15 is 0 Å². The van der Waals surface area contributed by atoms with Crippen molar-refractivity contribution in [2.75, 3.05) is 0 Å². The summed E-state index contributed by atoms with van der Waals surface area (Å²) in [4.78, 5) is 32.3. The maximum absolute atomic E-state index is 13.6. The van der Waals surface area contributed by atoms with Crippen molar-refractivity contribution in [1.82, 2.24) is 14.5 Å². The molecule has 2 N–H and O–H groups in total. The second-order valence-corrected chi connectivity index (χ2v) is 10.9. The van der Waals surface area contributed by atoms with Crippen LogP contribution in [0.15, 0.2) is 34.2 Å². The van der Waals surface area contributed by atoms with Crippen LogP contribution in [0.25, 0.3) is 11.0 Å². The van der Waals surface area contributed by atoms with Gasteiger partial charge in [0.1, 0.15) is 0 Å². The summed E-state index contributed by atoms with van der Waals surface area (Å²) in [5, 5.41) is 21.7. The average molecular weight is 465 g/mol. The molecule has 0 amide bonds. The summed E-state index contributed by atoms with van der Waals surface area (Å²) >= 11 is 0. The van der Waals surface area contributed by atoms with Gasteiger partial charge in [-0.2, -0.15) is 0 Å². The number of hydrogen-bond donors (Lipinski definition) is 2. The molecule has 3 heterocycles. The van der Waals surface area contributed by atoms with E-state index < -0.39 is 17.2 Å². The van der Waals surface area contributed by atoms with E-state index in [0.29, 0.717) is 29.2 Å². The molecule has 2 aliphatic carbocycles. The third kappa shape index (κ3) is 3.54. The van der Waals surface area contributed by atoms with E-state index in [0.717, 1.165) is 37.5 Å². The van der Waals surface area contributed by atoms with Gasteiger partial charge in [-0.15, -0.1) is 0 Å². The summed E-state index contributed by atoms with van der Waals surface area (Å²) in [5.74, 6) is 0.305. The number of hydrogen-bond acceptors (Lipinski definition) is 6. The number of carbonyl (C=O) groups is 1. The van der Waals surface area contributed by atoms with Crippen molar-refractivity contribution < 1.29 is 15.1 Å². The second-order valence-electron chi connectivity index (χ2n) is 10.9. The number of rotatable bonds is 4. The number of benzene rings is 1. The van der Waals surface area contributed by atoms with E-state index in [1.54, 1.807) is 10.6 Å². The standard InChI is InChI=1S/C26H32N4O4/c31-25-23(24(28-34)26(32)33)27-21-6-1-2-7-22(21)30(25)20-13-17-8-9-18(14-20)29(17)19-11-15-4-3-5-16(10-15)12-19/h1-2,6-7,15-20,34H,3-5,8-14H2,(H,32,33)/b28-24-/t15-,16+,17-,18+,19?,20?. The Kier molecular flexibility index (Phi) is 5.43. The van der Waals surface area contributed by atoms with Crippen LogP contribution in [-0.4, -0.2) is 54.6 Å². The number of oxime groups is 1. The zero-order valence-corrected chi connectivity index (χ0v) is 19.3. The second kappa shape index (κ2) is 8.48. The predicted octanol–water partition coefficient (Wildman–Crippen LogP) is 3.80. The topological polar surface area (TPSA) is 108 Å². The molecule has 4 fully saturated rings. The molecule has 4 aliphatic rings. The van der Waals surface area contributed by atoms with E-state index in [1.807, 2.05) is 18.2 Å². The Morgan fingerprint density at radius 3 is 2.24 bits per heavy atom. The highest BCUT2D eigenvalue weighted by Crippen LogP contribution is 2.48. The van der Waals surface area contributed by atoms with Gasteiger partial charge in [-0.05, 0) is 68.9 Å². The maximum atomic E-state index is 13.6. The van der Waals surface area contributed by atoms with Crippen LogP contribution in [-0.2, 0) is 4.79 Å². The van der Waals surface area contributed by atoms with Gasteiger partial charge >= 0.3 is 5.97 Å². The first kappa shape index (κ1) is 21.8. The van der Waals surface area contributed by atoms with Gasteiger partial charge < -0.3 is 14.9 Å². The van der Waals surface area contributed by atoms with Crippen molar-refractivity contribution in [3.05, 3.63) is 40.3 Å². The van der Waals surface area contributed by atoms with Crippen LogP contribution < -0.4 is 5.56 Å². The first-order valence-electron chi connectivity index (χ1n) is 12.8. The molecule has 6 rings (SSSR count). The number of aromatic nitrogens is 2. The third-order valence-corrected chi connectivity index (χ3v) is 8.98. The Labute approximate surface area is 198 Å². The van der Waals surface area contributed by atoms with E-state index in [-0.39, 0.29) is 11.7 Å². The fraction of sp³-hybridized carbons (Fsp3) is 0.615. The lowest BCUT2D eigenvalue weighted by molar-refractivity contribution is -0.129. The number of para-hydroxylation sites is 2. The number of nitrogens with zero attached hydrogens (tertiary/aromatic N) is 4. The lowest BCUT2D eigenvalue weighted by Gasteiger charge is -2.49. The lowest BCUT2D eigenvalue weighted by Crippen LogP contribution is -2.52. The van der Waals surface area contributed by atoms with Gasteiger partial charge in [-0.3, -0.25) is 9.69 Å². The van der Waals surface area contributed by atoms with Crippen LogP contribution in [0, 0.1) is 11.8 Å². The van der Waals surface area contributed by atoms with Crippen molar-refractivity contribution in [2.24, 2.45) is 17.0 Å². The van der Waals surface area contributed by atoms with Crippen molar-refractivity contribution in [1.29, 1.82) is 0 Å². The van der Waals surface area contributed by atoms with Gasteiger partial charge in [0.2, 0.25) is 5.71 Å². The van der Waals surface area contributed by atoms with Gasteiger partial charge in [0, 0.05) is 24.2 Å². The predicted molar refractivity (Wildman–Crippen MR) is 127 cm³/mol. The Hall–Kier alpha value is -2.74. The van der Waals surface area contributed by atoms with Crippen molar-refractivity contribution in [3.8, 4) is 0 Å². The lowest BCUT2D eigenvalue weighted by atomic mass is 9.69. The average Bonchev–Trinajstić information content (AvgIpc) is 3.09. The molecule has 2 aromatic rings. The molecule has 8 nitrogen and oxygen atoms in total. The minimum Gasteiger partial charge on any atom is -0.476 e. The molecule has 34 heavy (non-hydrogen) atoms. The van der Waals surface area contributed by atoms with Crippen LogP contribution in [0.2, 0.25) is 0 Å². The quantitative estimate of drug-likeness (QED) is 0.405. The van der Waals surface area contributed by atoms with Gasteiger partial charge in [-0.25, -0.2) is 9.78 Å². The molecule has 180 valence electrons. The van der Waals surface area contributed by atoms with Crippen LogP contribution in [0.4, 0.5) is 0 Å². The Balaban J connectivity index is 1.35. The Bertz CT molecular complexity index is 1180. The van der Waals surface area contributed by atoms with Crippen LogP contribution >= 0.6 is 0 Å². The highest BCUT2D eigenvalue weighted by Gasteiger charge is 2.47. The molecule has 6 atom stereocenters. The monoisotopic (exact) mass is 464 g/mol. The fourth-order valence-electron chi connectivity index (χ4n) is 7.79. The molecule has 2 aliphatic heterocycles. The van der Waals surface area contributed by atoms with Crippen LogP contribution in [0.5, 0.6) is 0 Å². The summed E-state index contributed by atoms with van der Waals surface area (Å²) in [6, 6.07) is 8.91. The normalized spacial score (nSPS) is 33.8. The zero-order chi connectivity index (χ0) is 23.4. The molecular formula is C26H32N4O4. The minimum absolute atomic E-state index is 0.0234. The molecule has 0 spiro atoms. The van der Waals surface area contributed by atoms with E-state index in [4.69, 9.17) is 0 Å². The van der Waals surface area contributed by atoms with Gasteiger partial charge in [0.05, 0.1) is 11.0 Å². The Morgan fingerprint density at radius 2 is 1.59 bits per heavy atom. The molecule has 2 saturated carbocycles. The number of carboxylic acid groups (broad SMARTS) is 1. The Morgan fingerprint density at radius 1 is 0.912 bits per heavy atom. The van der Waals surface area contributed by atoms with Gasteiger partial charge in [0.25, 0.3) is 5.56 Å². The highest BCUT2D eigenvalue weighted by molar-refractivity contribution is 6.41. The SMILES string of the molecule is O=C(O)/C(=N\O)c1nc2ccccc2n(C2C[C@H]3CC[C@@H](C2)N3C2C[C@H]3CCC[C@@H](C2)C3)c1=O. The largest absolute Gasteiger partial charge is 0.476 e. The molecule has 4 bridgehead atoms. The molecule has 0 radical (unpaired) electrons. The zero-order valence-electron chi connectivity index (χ0n) is 19.3. The molecule has 8 heteroatoms. The van der Waals surface area contributed by atoms with Crippen LogP contribution in [0.3, 0.4) is 0 Å². The molecular weight excluding hydrogens is 432 g/mol. The first-order chi connectivity index (χ1) is 16.5. The van der Waals surface area contributed by atoms with Crippen LogP contribution in [0.1, 0.15) is 75.9 Å². The molecule has 1 aromatic heterocycles. The summed E-state index contributed by atoms with van der Waals surface area (Å²) in [6.45, 7) is 0.